The molecule has 5 N–H and O–H groups in total. The molecule has 0 bridgehead atoms. The average Bonchev–Trinajstić information content (AvgIpc) is 2.34. The number of nitrogens with one attached hydrogen (secondary N) is 1. The van der Waals surface area contributed by atoms with Crippen LogP contribution in [0.5, 0.6) is 0 Å². The zero-order valence-corrected chi connectivity index (χ0v) is 5.83. The summed E-state index contributed by atoms with van der Waals surface area (Å²) >= 11 is 0. The Kier molecular flexibility index (Phi) is 1.03. The summed E-state index contributed by atoms with van der Waals surface area (Å²) in [6.45, 7) is 0. The molecule has 0 fully saturated rings. The summed E-state index contributed by atoms with van der Waals surface area (Å²) in [4.78, 5) is 0. The van der Waals surface area contributed by atoms with Gasteiger partial charge in [-0.1, -0.05) is 0 Å². The van der Waals surface area contributed by atoms with Crippen molar-refractivity contribution in [1.82, 2.24) is 10.2 Å². The number of anilines is 2. The molecule has 0 amide bonds. The van der Waals surface area contributed by atoms with Crippen LogP contribution in [0.4, 0.5) is 11.4 Å². The van der Waals surface area contributed by atoms with Gasteiger partial charge >= 0.3 is 0 Å². The van der Waals surface area contributed by atoms with Crippen LogP contribution in [0, 0.1) is 0 Å². The summed E-state index contributed by atoms with van der Waals surface area (Å²) in [5.41, 5.74) is 13.4. The SMILES string of the molecule is Nc1cc(N)c2cn[nH]c2c1. The van der Waals surface area contributed by atoms with Crippen LogP contribution in [0.3, 0.4) is 0 Å². The minimum atomic E-state index is 0.652. The van der Waals surface area contributed by atoms with E-state index in [1.807, 2.05) is 0 Å². The Morgan fingerprint density at radius 1 is 1.27 bits per heavy atom. The van der Waals surface area contributed by atoms with E-state index in [1.165, 1.54) is 0 Å². The number of aromatic amines is 1. The molecule has 1 heterocycles. The lowest BCUT2D eigenvalue weighted by Crippen LogP contribution is -1.89. The fourth-order valence-corrected chi connectivity index (χ4v) is 1.10. The number of hydrogen-bond acceptors (Lipinski definition) is 3. The molecule has 4 nitrogen and oxygen atoms in total. The molecule has 0 spiro atoms. The van der Waals surface area contributed by atoms with E-state index in [0.29, 0.717) is 11.4 Å². The van der Waals surface area contributed by atoms with Crippen molar-refractivity contribution >= 4 is 22.3 Å². The molecule has 0 atom stereocenters. The van der Waals surface area contributed by atoms with Gasteiger partial charge < -0.3 is 11.5 Å². The summed E-state index contributed by atoms with van der Waals surface area (Å²) in [7, 11) is 0. The molecular formula is C7H8N4. The highest BCUT2D eigenvalue weighted by molar-refractivity contribution is 5.92. The van der Waals surface area contributed by atoms with Crippen LogP contribution < -0.4 is 11.5 Å². The number of nitrogens with two attached hydrogens (primary N) is 2. The Morgan fingerprint density at radius 3 is 2.91 bits per heavy atom. The number of H-pyrrole nitrogens is 1. The first kappa shape index (κ1) is 6.03. The van der Waals surface area contributed by atoms with E-state index in [9.17, 15) is 0 Å². The van der Waals surface area contributed by atoms with Crippen LogP contribution in [0.1, 0.15) is 0 Å². The minimum Gasteiger partial charge on any atom is -0.399 e. The zero-order chi connectivity index (χ0) is 7.84. The second-order valence-electron chi connectivity index (χ2n) is 2.44. The van der Waals surface area contributed by atoms with Crippen molar-refractivity contribution in [1.29, 1.82) is 0 Å². The predicted octanol–water partition coefficient (Wildman–Crippen LogP) is 0.727. The van der Waals surface area contributed by atoms with Crippen molar-refractivity contribution in [2.75, 3.05) is 11.5 Å². The standard InChI is InChI=1S/C7H8N4/c8-4-1-6(9)5-3-10-11-7(5)2-4/h1-3H,8-9H2,(H,10,11). The summed E-state index contributed by atoms with van der Waals surface area (Å²) in [6.07, 6.45) is 1.68. The number of hydrogen-bond donors (Lipinski definition) is 3. The lowest BCUT2D eigenvalue weighted by molar-refractivity contribution is 1.12. The highest BCUT2D eigenvalue weighted by atomic mass is 15.1. The maximum Gasteiger partial charge on any atom is 0.0691 e. The number of nitrogens with zero attached hydrogens (tertiary/aromatic N) is 1. The molecule has 11 heavy (non-hydrogen) atoms. The van der Waals surface area contributed by atoms with Gasteiger partial charge in [-0.3, -0.25) is 5.10 Å². The van der Waals surface area contributed by atoms with Gasteiger partial charge in [-0.2, -0.15) is 5.10 Å². The van der Waals surface area contributed by atoms with E-state index < -0.39 is 0 Å². The predicted molar refractivity (Wildman–Crippen MR) is 44.9 cm³/mol. The van der Waals surface area contributed by atoms with Gasteiger partial charge in [-0.05, 0) is 12.1 Å². The van der Waals surface area contributed by atoms with Crippen molar-refractivity contribution in [3.05, 3.63) is 18.3 Å². The lowest BCUT2D eigenvalue weighted by atomic mass is 10.2. The molecule has 4 heteroatoms. The summed E-state index contributed by atoms with van der Waals surface area (Å²) in [5.74, 6) is 0. The van der Waals surface area contributed by atoms with Crippen LogP contribution in [0.15, 0.2) is 18.3 Å². The van der Waals surface area contributed by atoms with Gasteiger partial charge in [0.15, 0.2) is 0 Å². The molecule has 2 aromatic rings. The normalized spacial score (nSPS) is 10.5. The Balaban J connectivity index is 2.91. The van der Waals surface area contributed by atoms with Crippen LogP contribution in [0.25, 0.3) is 10.9 Å². The Bertz CT molecular complexity index is 390. The smallest absolute Gasteiger partial charge is 0.0691 e. The minimum absolute atomic E-state index is 0.652. The van der Waals surface area contributed by atoms with Crippen molar-refractivity contribution in [2.45, 2.75) is 0 Å². The molecule has 56 valence electrons. The molecule has 2 rings (SSSR count). The number of aromatic nitrogens is 2. The molecule has 1 aromatic carbocycles. The first-order valence-electron chi connectivity index (χ1n) is 3.25. The van der Waals surface area contributed by atoms with E-state index in [0.717, 1.165) is 10.9 Å². The zero-order valence-electron chi connectivity index (χ0n) is 5.83. The molecule has 0 radical (unpaired) electrons. The Labute approximate surface area is 63.2 Å². The van der Waals surface area contributed by atoms with Crippen LogP contribution in [-0.2, 0) is 0 Å². The van der Waals surface area contributed by atoms with Gasteiger partial charge in [0.1, 0.15) is 0 Å². The summed E-state index contributed by atoms with van der Waals surface area (Å²) in [6, 6.07) is 3.52. The second-order valence-corrected chi connectivity index (χ2v) is 2.44. The van der Waals surface area contributed by atoms with Crippen molar-refractivity contribution in [2.24, 2.45) is 0 Å². The van der Waals surface area contributed by atoms with E-state index in [2.05, 4.69) is 10.2 Å². The number of nitrogen functional groups attached to an aromatic ring is 2. The molecule has 0 saturated carbocycles. The third kappa shape index (κ3) is 0.797. The van der Waals surface area contributed by atoms with Crippen molar-refractivity contribution < 1.29 is 0 Å². The quantitative estimate of drug-likeness (QED) is 0.482. The van der Waals surface area contributed by atoms with Gasteiger partial charge in [0.05, 0.1) is 11.7 Å². The fraction of sp³-hybridized carbons (Fsp3) is 0. The molecule has 0 aliphatic heterocycles. The maximum absolute atomic E-state index is 5.66. The van der Waals surface area contributed by atoms with Gasteiger partial charge in [-0.15, -0.1) is 0 Å². The first-order valence-corrected chi connectivity index (χ1v) is 3.25. The lowest BCUT2D eigenvalue weighted by Gasteiger charge is -1.96. The molecule has 0 unspecified atom stereocenters. The van der Waals surface area contributed by atoms with E-state index in [-0.39, 0.29) is 0 Å². The average molecular weight is 148 g/mol. The molecule has 0 aliphatic carbocycles. The molecule has 0 saturated heterocycles. The van der Waals surface area contributed by atoms with Gasteiger partial charge in [0, 0.05) is 16.8 Å². The van der Waals surface area contributed by atoms with Gasteiger partial charge in [-0.25, -0.2) is 0 Å². The number of benzene rings is 1. The van der Waals surface area contributed by atoms with E-state index >= 15 is 0 Å². The topological polar surface area (TPSA) is 80.7 Å². The van der Waals surface area contributed by atoms with Gasteiger partial charge in [0.25, 0.3) is 0 Å². The van der Waals surface area contributed by atoms with E-state index in [4.69, 9.17) is 11.5 Å². The highest BCUT2D eigenvalue weighted by Crippen LogP contribution is 2.21. The van der Waals surface area contributed by atoms with Crippen LogP contribution >= 0.6 is 0 Å². The monoisotopic (exact) mass is 148 g/mol. The molecule has 1 aromatic heterocycles. The largest absolute Gasteiger partial charge is 0.399 e. The van der Waals surface area contributed by atoms with Crippen LogP contribution in [0.2, 0.25) is 0 Å². The molecule has 0 aliphatic rings. The third-order valence-electron chi connectivity index (χ3n) is 1.61. The number of rotatable bonds is 0. The summed E-state index contributed by atoms with van der Waals surface area (Å²) in [5, 5.41) is 7.55. The van der Waals surface area contributed by atoms with Gasteiger partial charge in [0.2, 0.25) is 0 Å². The second kappa shape index (κ2) is 1.88. The highest BCUT2D eigenvalue weighted by Gasteiger charge is 1.99. The molecular weight excluding hydrogens is 140 g/mol. The first-order chi connectivity index (χ1) is 5.27. The van der Waals surface area contributed by atoms with Crippen molar-refractivity contribution in [3.8, 4) is 0 Å². The van der Waals surface area contributed by atoms with Crippen molar-refractivity contribution in [3.63, 3.8) is 0 Å². The number of fused-ring (bicyclic) bond motifs is 1. The summed E-state index contributed by atoms with van der Waals surface area (Å²) < 4.78 is 0. The van der Waals surface area contributed by atoms with Crippen LogP contribution in [-0.4, -0.2) is 10.2 Å². The van der Waals surface area contributed by atoms with E-state index in [1.54, 1.807) is 18.3 Å². The Morgan fingerprint density at radius 2 is 2.09 bits per heavy atom. The third-order valence-corrected chi connectivity index (χ3v) is 1.61. The fourth-order valence-electron chi connectivity index (χ4n) is 1.10. The Hall–Kier alpha value is -1.71. The maximum atomic E-state index is 5.66.